The normalized spacial score (nSPS) is 19.1. The van der Waals surface area contributed by atoms with Crippen molar-refractivity contribution >= 4 is 21.5 Å². The summed E-state index contributed by atoms with van der Waals surface area (Å²) in [5.74, 6) is 1.47. The fourth-order valence-electron chi connectivity index (χ4n) is 4.88. The van der Waals surface area contributed by atoms with Gasteiger partial charge in [0.05, 0.1) is 11.4 Å². The monoisotopic (exact) mass is 471 g/mol. The van der Waals surface area contributed by atoms with E-state index >= 15 is 0 Å². The highest BCUT2D eigenvalue weighted by Crippen LogP contribution is 2.46. The topological polar surface area (TPSA) is 73.3 Å². The van der Waals surface area contributed by atoms with E-state index in [1.807, 2.05) is 54.7 Å². The van der Waals surface area contributed by atoms with Gasteiger partial charge in [-0.2, -0.15) is 8.42 Å². The molecule has 0 amide bonds. The first kappa shape index (κ1) is 23.6. The molecule has 8 heteroatoms. The van der Waals surface area contributed by atoms with Crippen LogP contribution in [-0.2, 0) is 10.1 Å². The Morgan fingerprint density at radius 2 is 1.58 bits per heavy atom. The maximum absolute atomic E-state index is 12.7. The van der Waals surface area contributed by atoms with Crippen molar-refractivity contribution in [3.05, 3.63) is 60.8 Å². The van der Waals surface area contributed by atoms with Crippen LogP contribution in [0.3, 0.4) is 0 Å². The van der Waals surface area contributed by atoms with Gasteiger partial charge in [0, 0.05) is 26.2 Å². The minimum absolute atomic E-state index is 0.278. The summed E-state index contributed by atoms with van der Waals surface area (Å²) in [6.45, 7) is 6.77. The van der Waals surface area contributed by atoms with Gasteiger partial charge in [0.15, 0.2) is 11.5 Å². The molecule has 1 N–H and O–H groups in total. The largest absolute Gasteiger partial charge is 0.453 e. The second kappa shape index (κ2) is 10.2. The minimum Gasteiger partial charge on any atom is -0.453 e. The number of benzene rings is 2. The van der Waals surface area contributed by atoms with E-state index in [1.54, 1.807) is 0 Å². The van der Waals surface area contributed by atoms with Crippen LogP contribution in [0.4, 0.5) is 11.4 Å². The fraction of sp³-hybridized carbons (Fsp3) is 0.440. The number of hydrogen-bond donors (Lipinski definition) is 1. The third-order valence-electron chi connectivity index (χ3n) is 6.23. The van der Waals surface area contributed by atoms with Crippen LogP contribution < -0.4 is 9.64 Å². The molecule has 0 aromatic heterocycles. The molecule has 0 saturated heterocycles. The Balaban J connectivity index is 1.66. The Labute approximate surface area is 197 Å². The van der Waals surface area contributed by atoms with Crippen LogP contribution in [0.25, 0.3) is 0 Å². The Morgan fingerprint density at radius 1 is 0.970 bits per heavy atom. The van der Waals surface area contributed by atoms with Crippen molar-refractivity contribution < 1.29 is 17.7 Å². The zero-order chi connectivity index (χ0) is 23.4. The molecule has 2 aromatic rings. The van der Waals surface area contributed by atoms with E-state index in [0.717, 1.165) is 48.8 Å². The molecule has 2 aromatic carbocycles. The SMILES string of the molecule is CCCN1C=CCN(CCC)C1C(CCN1c2ccccc2Oc2ccccc21)S(=O)(=O)O. The summed E-state index contributed by atoms with van der Waals surface area (Å²) >= 11 is 0. The molecule has 2 aliphatic rings. The van der Waals surface area contributed by atoms with Crippen LogP contribution in [0.15, 0.2) is 60.8 Å². The van der Waals surface area contributed by atoms with E-state index in [9.17, 15) is 13.0 Å². The standard InChI is InChI=1S/C25H33N3O4S/c1-3-15-26-17-9-18-27(16-4-2)25(26)24(33(29,30)31)14-19-28-20-10-5-7-12-22(20)32-23-13-8-6-11-21(23)28/h5-13,17,24-25H,3-4,14-16,18-19H2,1-2H3,(H,29,30,31). The lowest BCUT2D eigenvalue weighted by Crippen LogP contribution is -2.58. The maximum atomic E-state index is 12.7. The number of hydrogen-bond acceptors (Lipinski definition) is 6. The van der Waals surface area contributed by atoms with Gasteiger partial charge in [-0.15, -0.1) is 0 Å². The Kier molecular flexibility index (Phi) is 7.26. The molecule has 178 valence electrons. The predicted molar refractivity (Wildman–Crippen MR) is 132 cm³/mol. The summed E-state index contributed by atoms with van der Waals surface area (Å²) < 4.78 is 41.9. The third-order valence-corrected chi connectivity index (χ3v) is 7.47. The van der Waals surface area contributed by atoms with Gasteiger partial charge in [0.1, 0.15) is 11.4 Å². The second-order valence-electron chi connectivity index (χ2n) is 8.56. The van der Waals surface area contributed by atoms with Crippen LogP contribution in [0.5, 0.6) is 11.5 Å². The molecule has 0 saturated carbocycles. The molecule has 2 unspecified atom stereocenters. The summed E-state index contributed by atoms with van der Waals surface area (Å²) in [5.41, 5.74) is 1.79. The van der Waals surface area contributed by atoms with Crippen molar-refractivity contribution in [1.29, 1.82) is 0 Å². The van der Waals surface area contributed by atoms with Gasteiger partial charge in [-0.25, -0.2) is 0 Å². The van der Waals surface area contributed by atoms with Gasteiger partial charge >= 0.3 is 0 Å². The summed E-state index contributed by atoms with van der Waals surface area (Å²) in [6, 6.07) is 15.5. The Bertz CT molecular complexity index is 1040. The average Bonchev–Trinajstić information content (AvgIpc) is 2.79. The molecule has 0 aliphatic carbocycles. The fourth-order valence-corrected chi connectivity index (χ4v) is 5.92. The lowest BCUT2D eigenvalue weighted by Gasteiger charge is -2.45. The molecule has 7 nitrogen and oxygen atoms in total. The van der Waals surface area contributed by atoms with Gasteiger partial charge in [0.2, 0.25) is 0 Å². The van der Waals surface area contributed by atoms with Crippen LogP contribution in [0, 0.1) is 0 Å². The lowest BCUT2D eigenvalue weighted by molar-refractivity contribution is 0.0652. The van der Waals surface area contributed by atoms with Crippen molar-refractivity contribution in [1.82, 2.24) is 9.80 Å². The zero-order valence-electron chi connectivity index (χ0n) is 19.3. The third kappa shape index (κ3) is 5.03. The van der Waals surface area contributed by atoms with Crippen molar-refractivity contribution in [3.8, 4) is 11.5 Å². The van der Waals surface area contributed by atoms with Crippen LogP contribution in [0.2, 0.25) is 0 Å². The highest BCUT2D eigenvalue weighted by molar-refractivity contribution is 7.86. The maximum Gasteiger partial charge on any atom is 0.271 e. The number of fused-ring (bicyclic) bond motifs is 2. The number of para-hydroxylation sites is 4. The van der Waals surface area contributed by atoms with Gasteiger partial charge in [-0.1, -0.05) is 44.2 Å². The van der Waals surface area contributed by atoms with E-state index in [4.69, 9.17) is 4.74 Å². The molecular weight excluding hydrogens is 438 g/mol. The smallest absolute Gasteiger partial charge is 0.271 e. The molecule has 2 aliphatic heterocycles. The molecule has 2 heterocycles. The molecule has 4 rings (SSSR count). The summed E-state index contributed by atoms with van der Waals surface area (Å²) in [5, 5.41) is -0.942. The summed E-state index contributed by atoms with van der Waals surface area (Å²) in [6.07, 6.45) is 5.72. The van der Waals surface area contributed by atoms with Crippen LogP contribution in [0.1, 0.15) is 33.1 Å². The summed E-state index contributed by atoms with van der Waals surface area (Å²) in [4.78, 5) is 6.33. The first-order valence-corrected chi connectivity index (χ1v) is 13.2. The highest BCUT2D eigenvalue weighted by Gasteiger charge is 2.40. The first-order chi connectivity index (χ1) is 15.9. The zero-order valence-corrected chi connectivity index (χ0v) is 20.1. The van der Waals surface area contributed by atoms with E-state index in [2.05, 4.69) is 34.6 Å². The van der Waals surface area contributed by atoms with E-state index in [0.29, 0.717) is 13.1 Å². The second-order valence-corrected chi connectivity index (χ2v) is 10.2. The molecule has 0 radical (unpaired) electrons. The van der Waals surface area contributed by atoms with E-state index in [-0.39, 0.29) is 6.42 Å². The van der Waals surface area contributed by atoms with Crippen molar-refractivity contribution in [2.75, 3.05) is 31.1 Å². The van der Waals surface area contributed by atoms with Crippen molar-refractivity contribution in [2.24, 2.45) is 0 Å². The highest BCUT2D eigenvalue weighted by atomic mass is 32.2. The molecule has 0 bridgehead atoms. The van der Waals surface area contributed by atoms with Crippen molar-refractivity contribution in [2.45, 2.75) is 44.5 Å². The Morgan fingerprint density at radius 3 is 2.15 bits per heavy atom. The predicted octanol–water partition coefficient (Wildman–Crippen LogP) is 4.85. The number of nitrogens with zero attached hydrogens (tertiary/aromatic N) is 3. The van der Waals surface area contributed by atoms with Gasteiger partial charge in [-0.3, -0.25) is 9.45 Å². The van der Waals surface area contributed by atoms with Crippen molar-refractivity contribution in [3.63, 3.8) is 0 Å². The van der Waals surface area contributed by atoms with Gasteiger partial charge in [0.25, 0.3) is 10.1 Å². The molecule has 2 atom stereocenters. The number of rotatable bonds is 9. The van der Waals surface area contributed by atoms with Crippen LogP contribution in [-0.4, -0.2) is 60.4 Å². The Hall–Kier alpha value is -2.55. The molecule has 0 fully saturated rings. The van der Waals surface area contributed by atoms with Gasteiger partial charge in [-0.05, 0) is 49.7 Å². The van der Waals surface area contributed by atoms with E-state index in [1.165, 1.54) is 0 Å². The van der Waals surface area contributed by atoms with E-state index < -0.39 is 21.5 Å². The lowest BCUT2D eigenvalue weighted by atomic mass is 10.1. The van der Waals surface area contributed by atoms with Gasteiger partial charge < -0.3 is 14.5 Å². The quantitative estimate of drug-likeness (QED) is 0.524. The summed E-state index contributed by atoms with van der Waals surface area (Å²) in [7, 11) is -4.30. The average molecular weight is 472 g/mol. The molecular formula is C25H33N3O4S. The molecule has 33 heavy (non-hydrogen) atoms. The van der Waals surface area contributed by atoms with Crippen LogP contribution >= 0.6 is 0 Å². The minimum atomic E-state index is -4.30. The number of anilines is 2. The first-order valence-electron chi connectivity index (χ1n) is 11.7. The molecule has 0 spiro atoms. The number of ether oxygens (including phenoxy) is 1.